The van der Waals surface area contributed by atoms with Gasteiger partial charge in [-0.05, 0) is 63.8 Å². The van der Waals surface area contributed by atoms with Gasteiger partial charge in [-0.2, -0.15) is 0 Å². The van der Waals surface area contributed by atoms with Crippen LogP contribution in [0.5, 0.6) is 5.75 Å². The molecule has 1 aromatic carbocycles. The van der Waals surface area contributed by atoms with Gasteiger partial charge in [-0.3, -0.25) is 0 Å². The maximum absolute atomic E-state index is 12.1. The summed E-state index contributed by atoms with van der Waals surface area (Å²) in [5.41, 5.74) is 0.461. The van der Waals surface area contributed by atoms with E-state index in [4.69, 9.17) is 4.74 Å². The Kier molecular flexibility index (Phi) is 4.96. The first-order chi connectivity index (χ1) is 10.2. The quantitative estimate of drug-likeness (QED) is 0.878. The topological polar surface area (TPSA) is 61.8 Å². The molecule has 1 unspecified atom stereocenters. The van der Waals surface area contributed by atoms with Crippen LogP contribution >= 0.6 is 0 Å². The van der Waals surface area contributed by atoms with Gasteiger partial charge in [0.05, 0.1) is 6.10 Å². The molecule has 1 aromatic rings. The highest BCUT2D eigenvalue weighted by Gasteiger charge is 2.31. The highest BCUT2D eigenvalue weighted by atomic mass is 16.5. The predicted molar refractivity (Wildman–Crippen MR) is 87.2 cm³/mol. The number of likely N-dealkylation sites (N-methyl/N-ethyl adjacent to an activating group) is 1. The molecule has 22 heavy (non-hydrogen) atoms. The number of aliphatic hydroxyl groups is 1. The van der Waals surface area contributed by atoms with E-state index in [1.807, 2.05) is 45.0 Å². The zero-order valence-corrected chi connectivity index (χ0v) is 13.8. The van der Waals surface area contributed by atoms with Gasteiger partial charge in [0.1, 0.15) is 11.4 Å². The summed E-state index contributed by atoms with van der Waals surface area (Å²) in [5.74, 6) is 1.13. The van der Waals surface area contributed by atoms with Crippen LogP contribution in [0.3, 0.4) is 0 Å². The van der Waals surface area contributed by atoms with Crippen molar-refractivity contribution in [1.29, 1.82) is 0 Å². The number of hydrogen-bond acceptors (Lipinski definition) is 3. The fourth-order valence-corrected chi connectivity index (χ4v) is 2.17. The second-order valence-corrected chi connectivity index (χ2v) is 6.95. The predicted octanol–water partition coefficient (Wildman–Crippen LogP) is 3.10. The second-order valence-electron chi connectivity index (χ2n) is 6.95. The van der Waals surface area contributed by atoms with Crippen LogP contribution in [0.25, 0.3) is 0 Å². The Balaban J connectivity index is 1.85. The van der Waals surface area contributed by atoms with E-state index in [-0.39, 0.29) is 11.6 Å². The van der Waals surface area contributed by atoms with Gasteiger partial charge in [0.2, 0.25) is 0 Å². The molecule has 1 atom stereocenters. The van der Waals surface area contributed by atoms with Gasteiger partial charge in [0.25, 0.3) is 0 Å². The molecule has 2 rings (SSSR count). The van der Waals surface area contributed by atoms with Crippen LogP contribution in [-0.4, -0.2) is 41.3 Å². The third-order valence-corrected chi connectivity index (χ3v) is 3.50. The lowest BCUT2D eigenvalue weighted by Crippen LogP contribution is -2.37. The minimum Gasteiger partial charge on any atom is -0.488 e. The fourth-order valence-electron chi connectivity index (χ4n) is 2.17. The van der Waals surface area contributed by atoms with Crippen molar-refractivity contribution in [3.8, 4) is 5.75 Å². The van der Waals surface area contributed by atoms with Crippen LogP contribution < -0.4 is 10.1 Å². The molecule has 0 bridgehead atoms. The van der Waals surface area contributed by atoms with Crippen molar-refractivity contribution in [2.45, 2.75) is 45.3 Å². The molecule has 1 aliphatic carbocycles. The number of ether oxygens (including phenoxy) is 1. The first-order valence-electron chi connectivity index (χ1n) is 7.74. The molecule has 0 heterocycles. The van der Waals surface area contributed by atoms with Crippen molar-refractivity contribution in [1.82, 2.24) is 4.90 Å². The van der Waals surface area contributed by atoms with Gasteiger partial charge < -0.3 is 20.1 Å². The van der Waals surface area contributed by atoms with Crippen LogP contribution in [0.2, 0.25) is 0 Å². The number of nitrogens with zero attached hydrogens (tertiary/aromatic N) is 1. The summed E-state index contributed by atoms with van der Waals surface area (Å²) in [4.78, 5) is 13.6. The molecule has 0 aromatic heterocycles. The van der Waals surface area contributed by atoms with E-state index >= 15 is 0 Å². The van der Waals surface area contributed by atoms with E-state index in [0.29, 0.717) is 18.2 Å². The van der Waals surface area contributed by atoms with Gasteiger partial charge in [-0.25, -0.2) is 4.79 Å². The lowest BCUT2D eigenvalue weighted by atomic mass is 10.2. The molecule has 2 N–H and O–H groups in total. The van der Waals surface area contributed by atoms with Crippen LogP contribution in [0, 0.1) is 5.92 Å². The van der Waals surface area contributed by atoms with Crippen molar-refractivity contribution in [2.24, 2.45) is 5.92 Å². The van der Waals surface area contributed by atoms with Gasteiger partial charge >= 0.3 is 6.03 Å². The molecule has 2 amide bonds. The number of urea groups is 1. The first kappa shape index (κ1) is 16.6. The number of carbonyl (C=O) groups excluding carboxylic acids is 1. The van der Waals surface area contributed by atoms with Crippen molar-refractivity contribution in [3.63, 3.8) is 0 Å². The monoisotopic (exact) mass is 306 g/mol. The molecule has 0 aliphatic heterocycles. The van der Waals surface area contributed by atoms with Crippen LogP contribution in [0.4, 0.5) is 10.5 Å². The number of nitrogens with one attached hydrogen (secondary N) is 1. The molecule has 0 radical (unpaired) electrons. The minimum atomic E-state index is -0.418. The van der Waals surface area contributed by atoms with Crippen molar-refractivity contribution in [3.05, 3.63) is 24.3 Å². The number of carbonyl (C=O) groups is 1. The lowest BCUT2D eigenvalue weighted by molar-refractivity contribution is 0.117. The molecule has 0 spiro atoms. The van der Waals surface area contributed by atoms with Gasteiger partial charge in [0.15, 0.2) is 0 Å². The largest absolute Gasteiger partial charge is 0.488 e. The van der Waals surface area contributed by atoms with Crippen LogP contribution in [0.1, 0.15) is 33.6 Å². The number of aliphatic hydroxyl groups excluding tert-OH is 1. The van der Waals surface area contributed by atoms with E-state index in [2.05, 4.69) is 5.32 Å². The smallest absolute Gasteiger partial charge is 0.321 e. The zero-order valence-electron chi connectivity index (χ0n) is 13.8. The van der Waals surface area contributed by atoms with Crippen LogP contribution in [-0.2, 0) is 0 Å². The Bertz CT molecular complexity index is 504. The Labute approximate surface area is 132 Å². The molecule has 0 saturated heterocycles. The second kappa shape index (κ2) is 6.57. The summed E-state index contributed by atoms with van der Waals surface area (Å²) >= 11 is 0. The van der Waals surface area contributed by atoms with Gasteiger partial charge in [-0.1, -0.05) is 0 Å². The number of amides is 2. The maximum atomic E-state index is 12.1. The standard InChI is InChI=1S/C17H26N2O3/c1-17(2,3)22-14-9-7-13(8-10-14)18-16(21)19(4)11-15(20)12-5-6-12/h7-10,12,15,20H,5-6,11H2,1-4H3,(H,18,21). The van der Waals surface area contributed by atoms with Crippen molar-refractivity contribution in [2.75, 3.05) is 18.9 Å². The molecular formula is C17H26N2O3. The Morgan fingerprint density at radius 3 is 2.45 bits per heavy atom. The molecule has 122 valence electrons. The molecule has 1 aliphatic rings. The maximum Gasteiger partial charge on any atom is 0.321 e. The average Bonchev–Trinajstić information content (AvgIpc) is 3.23. The number of anilines is 1. The van der Waals surface area contributed by atoms with E-state index < -0.39 is 6.10 Å². The first-order valence-corrected chi connectivity index (χ1v) is 7.74. The Morgan fingerprint density at radius 1 is 1.36 bits per heavy atom. The number of rotatable bonds is 5. The normalized spacial score (nSPS) is 16.0. The summed E-state index contributed by atoms with van der Waals surface area (Å²) in [7, 11) is 1.69. The van der Waals surface area contributed by atoms with Crippen LogP contribution in [0.15, 0.2) is 24.3 Å². The fraction of sp³-hybridized carbons (Fsp3) is 0.588. The van der Waals surface area contributed by atoms with Gasteiger partial charge in [-0.15, -0.1) is 0 Å². The molecular weight excluding hydrogens is 280 g/mol. The minimum absolute atomic E-state index is 0.218. The SMILES string of the molecule is CN(CC(O)C1CC1)C(=O)Nc1ccc(OC(C)(C)C)cc1. The van der Waals surface area contributed by atoms with Crippen molar-refractivity contribution >= 4 is 11.7 Å². The number of hydrogen-bond donors (Lipinski definition) is 2. The highest BCUT2D eigenvalue weighted by Crippen LogP contribution is 2.32. The van der Waals surface area contributed by atoms with E-state index in [1.54, 1.807) is 7.05 Å². The Hall–Kier alpha value is -1.75. The average molecular weight is 306 g/mol. The third kappa shape index (κ3) is 5.22. The molecule has 5 heteroatoms. The molecule has 1 fully saturated rings. The lowest BCUT2D eigenvalue weighted by Gasteiger charge is -2.22. The third-order valence-electron chi connectivity index (χ3n) is 3.50. The Morgan fingerprint density at radius 2 is 1.95 bits per heavy atom. The summed E-state index contributed by atoms with van der Waals surface area (Å²) in [6.45, 7) is 6.33. The van der Waals surface area contributed by atoms with Crippen molar-refractivity contribution < 1.29 is 14.6 Å². The summed E-state index contributed by atoms with van der Waals surface area (Å²) in [5, 5.41) is 12.7. The highest BCUT2D eigenvalue weighted by molar-refractivity contribution is 5.89. The summed E-state index contributed by atoms with van der Waals surface area (Å²) in [6.07, 6.45) is 1.70. The molecule has 5 nitrogen and oxygen atoms in total. The summed E-state index contributed by atoms with van der Waals surface area (Å²) in [6, 6.07) is 7.07. The zero-order chi connectivity index (χ0) is 16.3. The molecule has 1 saturated carbocycles. The summed E-state index contributed by atoms with van der Waals surface area (Å²) < 4.78 is 5.74. The van der Waals surface area contributed by atoms with E-state index in [0.717, 1.165) is 18.6 Å². The van der Waals surface area contributed by atoms with Gasteiger partial charge in [0, 0.05) is 19.3 Å². The van der Waals surface area contributed by atoms with E-state index in [1.165, 1.54) is 4.90 Å². The number of benzene rings is 1. The van der Waals surface area contributed by atoms with E-state index in [9.17, 15) is 9.90 Å².